The molecule has 0 saturated carbocycles. The topological polar surface area (TPSA) is 237 Å². The molecule has 3 N–H and O–H groups in total. The third kappa shape index (κ3) is 64.8. The number of hydrogen-bond donors (Lipinski definition) is 3. The molecule has 0 spiro atoms. The number of esters is 4. The number of phosphoric acid groups is 2. The van der Waals surface area contributed by atoms with Crippen molar-refractivity contribution in [2.24, 2.45) is 5.92 Å². The van der Waals surface area contributed by atoms with Crippen LogP contribution < -0.4 is 0 Å². The summed E-state index contributed by atoms with van der Waals surface area (Å²) in [4.78, 5) is 72.3. The largest absolute Gasteiger partial charge is 0.472 e. The van der Waals surface area contributed by atoms with Crippen molar-refractivity contribution in [1.82, 2.24) is 0 Å². The zero-order valence-corrected chi connectivity index (χ0v) is 60.1. The first-order valence-electron chi connectivity index (χ1n) is 37.1. The molecule has 0 aliphatic heterocycles. The van der Waals surface area contributed by atoms with Gasteiger partial charge < -0.3 is 33.8 Å². The second-order valence-corrected chi connectivity index (χ2v) is 29.0. The van der Waals surface area contributed by atoms with E-state index in [-0.39, 0.29) is 25.7 Å². The number of unbranched alkanes of at least 4 members (excludes halogenated alkanes) is 43. The first-order chi connectivity index (χ1) is 43.5. The summed E-state index contributed by atoms with van der Waals surface area (Å²) in [5.74, 6) is -1.39. The number of ether oxygens (including phenoxy) is 4. The van der Waals surface area contributed by atoms with E-state index < -0.39 is 97.5 Å². The number of rotatable bonds is 71. The van der Waals surface area contributed by atoms with Crippen molar-refractivity contribution in [3.8, 4) is 0 Å². The first-order valence-corrected chi connectivity index (χ1v) is 40.1. The van der Waals surface area contributed by atoms with Crippen LogP contribution in [0.25, 0.3) is 0 Å². The molecule has 0 aliphatic carbocycles. The zero-order valence-electron chi connectivity index (χ0n) is 58.3. The molecule has 0 aromatic rings. The van der Waals surface area contributed by atoms with E-state index in [2.05, 4.69) is 34.6 Å². The fourth-order valence-electron chi connectivity index (χ4n) is 10.8. The lowest BCUT2D eigenvalue weighted by atomic mass is 10.0. The summed E-state index contributed by atoms with van der Waals surface area (Å²) < 4.78 is 68.1. The summed E-state index contributed by atoms with van der Waals surface area (Å²) >= 11 is 0. The number of hydrogen-bond acceptors (Lipinski definition) is 15. The molecule has 0 radical (unpaired) electrons. The molecular formula is C71H138O17P2. The number of carbonyl (C=O) groups excluding carboxylic acids is 4. The predicted molar refractivity (Wildman–Crippen MR) is 363 cm³/mol. The summed E-state index contributed by atoms with van der Waals surface area (Å²) in [6.07, 6.45) is 51.8. The molecule has 90 heavy (non-hydrogen) atoms. The Balaban J connectivity index is 5.15. The molecule has 0 amide bonds. The Morgan fingerprint density at radius 1 is 0.300 bits per heavy atom. The Kier molecular flexibility index (Phi) is 63.0. The van der Waals surface area contributed by atoms with Gasteiger partial charge in [0.1, 0.15) is 19.3 Å². The van der Waals surface area contributed by atoms with Crippen LogP contribution in [0.1, 0.15) is 369 Å². The van der Waals surface area contributed by atoms with E-state index in [9.17, 15) is 43.2 Å². The van der Waals surface area contributed by atoms with E-state index in [1.165, 1.54) is 186 Å². The lowest BCUT2D eigenvalue weighted by Crippen LogP contribution is -2.30. The summed E-state index contributed by atoms with van der Waals surface area (Å²) in [5.41, 5.74) is 0. The third-order valence-electron chi connectivity index (χ3n) is 16.5. The Morgan fingerprint density at radius 2 is 0.511 bits per heavy atom. The maximum atomic E-state index is 13.0. The highest BCUT2D eigenvalue weighted by Gasteiger charge is 2.30. The highest BCUT2D eigenvalue weighted by molar-refractivity contribution is 7.47. The van der Waals surface area contributed by atoms with Gasteiger partial charge in [-0.05, 0) is 31.6 Å². The monoisotopic (exact) mass is 1320 g/mol. The molecule has 2 unspecified atom stereocenters. The van der Waals surface area contributed by atoms with Gasteiger partial charge in [0.2, 0.25) is 0 Å². The molecule has 0 rings (SSSR count). The van der Waals surface area contributed by atoms with E-state index in [0.717, 1.165) is 102 Å². The molecule has 0 heterocycles. The van der Waals surface area contributed by atoms with E-state index in [1.54, 1.807) is 0 Å². The number of aliphatic hydroxyl groups is 1. The van der Waals surface area contributed by atoms with Crippen molar-refractivity contribution in [2.45, 2.75) is 387 Å². The van der Waals surface area contributed by atoms with Crippen LogP contribution in [-0.2, 0) is 65.4 Å². The van der Waals surface area contributed by atoms with Crippen LogP contribution in [0.5, 0.6) is 0 Å². The molecule has 0 aromatic heterocycles. The van der Waals surface area contributed by atoms with Crippen molar-refractivity contribution in [2.75, 3.05) is 39.6 Å². The minimum absolute atomic E-state index is 0.105. The van der Waals surface area contributed by atoms with Crippen molar-refractivity contribution >= 4 is 39.5 Å². The van der Waals surface area contributed by atoms with E-state index in [4.69, 9.17) is 37.0 Å². The van der Waals surface area contributed by atoms with Crippen molar-refractivity contribution < 1.29 is 80.2 Å². The van der Waals surface area contributed by atoms with Crippen LogP contribution in [0, 0.1) is 5.92 Å². The fourth-order valence-corrected chi connectivity index (χ4v) is 12.4. The van der Waals surface area contributed by atoms with Crippen LogP contribution in [-0.4, -0.2) is 96.7 Å². The lowest BCUT2D eigenvalue weighted by Gasteiger charge is -2.21. The second-order valence-electron chi connectivity index (χ2n) is 26.1. The molecule has 0 fully saturated rings. The van der Waals surface area contributed by atoms with E-state index >= 15 is 0 Å². The van der Waals surface area contributed by atoms with Gasteiger partial charge in [-0.2, -0.15) is 0 Å². The average Bonchev–Trinajstić information content (AvgIpc) is 3.24. The SMILES string of the molecule is CCCCCCCCCCCCCCCCCCCC(=O)O[C@H](COC(=O)CCCCCCCCCCCCCCCCCC)COP(=O)(O)OC[C@@H](O)COP(=O)(O)OC[C@@H](COC(=O)CCCCCCC)OC(=O)CCCCCCCCCCCC(C)C. The van der Waals surface area contributed by atoms with Gasteiger partial charge in [-0.3, -0.25) is 37.3 Å². The molecule has 0 saturated heterocycles. The van der Waals surface area contributed by atoms with Gasteiger partial charge in [-0.25, -0.2) is 9.13 Å². The lowest BCUT2D eigenvalue weighted by molar-refractivity contribution is -0.161. The van der Waals surface area contributed by atoms with Gasteiger partial charge in [0.25, 0.3) is 0 Å². The molecule has 0 bridgehead atoms. The molecule has 17 nitrogen and oxygen atoms in total. The molecule has 0 aromatic carbocycles. The minimum Gasteiger partial charge on any atom is -0.462 e. The smallest absolute Gasteiger partial charge is 0.462 e. The Bertz CT molecular complexity index is 1740. The van der Waals surface area contributed by atoms with Gasteiger partial charge in [0, 0.05) is 25.7 Å². The molecule has 5 atom stereocenters. The molecular weight excluding hydrogens is 1190 g/mol. The molecule has 534 valence electrons. The first kappa shape index (κ1) is 88.1. The Labute approximate surface area is 549 Å². The highest BCUT2D eigenvalue weighted by atomic mass is 31.2. The van der Waals surface area contributed by atoms with Crippen molar-refractivity contribution in [3.63, 3.8) is 0 Å². The third-order valence-corrected chi connectivity index (χ3v) is 18.4. The van der Waals surface area contributed by atoms with Crippen molar-refractivity contribution in [1.29, 1.82) is 0 Å². The van der Waals surface area contributed by atoms with Crippen LogP contribution >= 0.6 is 15.6 Å². The minimum atomic E-state index is -4.95. The maximum absolute atomic E-state index is 13.0. The summed E-state index contributed by atoms with van der Waals surface area (Å²) in [7, 11) is -9.89. The van der Waals surface area contributed by atoms with Gasteiger partial charge >= 0.3 is 39.5 Å². The second kappa shape index (κ2) is 64.4. The van der Waals surface area contributed by atoms with Gasteiger partial charge in [0.15, 0.2) is 12.2 Å². The highest BCUT2D eigenvalue weighted by Crippen LogP contribution is 2.45. The average molecular weight is 1330 g/mol. The van der Waals surface area contributed by atoms with Crippen molar-refractivity contribution in [3.05, 3.63) is 0 Å². The van der Waals surface area contributed by atoms with Gasteiger partial charge in [0.05, 0.1) is 26.4 Å². The zero-order chi connectivity index (χ0) is 66.3. The van der Waals surface area contributed by atoms with Crippen LogP contribution in [0.3, 0.4) is 0 Å². The predicted octanol–water partition coefficient (Wildman–Crippen LogP) is 20.5. The van der Waals surface area contributed by atoms with Crippen LogP contribution in [0.4, 0.5) is 0 Å². The maximum Gasteiger partial charge on any atom is 0.472 e. The summed E-state index contributed by atoms with van der Waals surface area (Å²) in [6.45, 7) is 7.15. The molecule has 0 aliphatic rings. The normalized spacial score (nSPS) is 14.1. The number of phosphoric ester groups is 2. The Hall–Kier alpha value is -1.94. The van der Waals surface area contributed by atoms with Crippen LogP contribution in [0.15, 0.2) is 0 Å². The fraction of sp³-hybridized carbons (Fsp3) is 0.944. The van der Waals surface area contributed by atoms with E-state index in [1.807, 2.05) is 0 Å². The number of carbonyl (C=O) groups is 4. The number of aliphatic hydroxyl groups excluding tert-OH is 1. The van der Waals surface area contributed by atoms with Gasteiger partial charge in [-0.1, -0.05) is 317 Å². The molecule has 19 heteroatoms. The van der Waals surface area contributed by atoms with Gasteiger partial charge in [-0.15, -0.1) is 0 Å². The standard InChI is InChI=1S/C71H138O17P2/c1-6-9-12-15-17-19-21-23-25-27-29-31-33-37-41-46-51-56-70(75)88-67(61-82-69(74)55-50-45-40-36-32-30-28-26-24-22-20-18-16-13-10-7-2)63-86-90(79,80)84-59-65(72)58-83-89(77,78)85-62-66(60-81-68(73)54-49-43-14-11-8-3)87-71(76)57-52-47-42-38-34-35-39-44-48-53-64(4)5/h64-67,72H,6-63H2,1-5H3,(H,77,78)(H,79,80)/t65-,66+,67+/m0/s1. The Morgan fingerprint density at radius 3 is 0.756 bits per heavy atom. The van der Waals surface area contributed by atoms with Crippen LogP contribution in [0.2, 0.25) is 0 Å². The quantitative estimate of drug-likeness (QED) is 0.0222. The summed E-state index contributed by atoms with van der Waals surface area (Å²) in [6, 6.07) is 0. The van der Waals surface area contributed by atoms with E-state index in [0.29, 0.717) is 25.7 Å². The summed E-state index contributed by atoms with van der Waals surface area (Å²) in [5, 5.41) is 10.6.